The van der Waals surface area contributed by atoms with Gasteiger partial charge in [0.1, 0.15) is 11.8 Å². The number of pyridine rings is 1. The van der Waals surface area contributed by atoms with Gasteiger partial charge in [0.15, 0.2) is 0 Å². The van der Waals surface area contributed by atoms with E-state index < -0.39 is 0 Å². The summed E-state index contributed by atoms with van der Waals surface area (Å²) in [7, 11) is 0. The van der Waals surface area contributed by atoms with Crippen molar-refractivity contribution in [2.75, 3.05) is 0 Å². The molecule has 2 nitrogen and oxygen atoms in total. The van der Waals surface area contributed by atoms with Crippen molar-refractivity contribution in [3.8, 4) is 6.07 Å². The lowest BCUT2D eigenvalue weighted by atomic mass is 10.1. The van der Waals surface area contributed by atoms with E-state index in [-0.39, 0.29) is 0 Å². The number of hydrogen-bond acceptors (Lipinski definition) is 2. The summed E-state index contributed by atoms with van der Waals surface area (Å²) in [5, 5.41) is 8.61. The summed E-state index contributed by atoms with van der Waals surface area (Å²) in [6.07, 6.45) is 5.42. The second-order valence-corrected chi connectivity index (χ2v) is 2.57. The van der Waals surface area contributed by atoms with Crippen LogP contribution in [0.15, 0.2) is 37.1 Å². The third kappa shape index (κ3) is 2.28. The molecule has 0 unspecified atom stereocenters. The van der Waals surface area contributed by atoms with Gasteiger partial charge in [-0.05, 0) is 30.2 Å². The zero-order valence-electron chi connectivity index (χ0n) is 7.49. The highest BCUT2D eigenvalue weighted by Crippen LogP contribution is 2.13. The Labute approximate surface area is 77.9 Å². The number of allylic oxidation sites excluding steroid dienone is 3. The topological polar surface area (TPSA) is 36.7 Å². The molecule has 0 bridgehead atoms. The number of rotatable bonds is 2. The Morgan fingerprint density at radius 1 is 1.69 bits per heavy atom. The van der Waals surface area contributed by atoms with Crippen molar-refractivity contribution in [1.29, 1.82) is 5.26 Å². The van der Waals surface area contributed by atoms with Gasteiger partial charge in [-0.3, -0.25) is 0 Å². The van der Waals surface area contributed by atoms with Crippen molar-refractivity contribution >= 4 is 5.57 Å². The summed E-state index contributed by atoms with van der Waals surface area (Å²) in [6, 6.07) is 5.55. The normalized spacial score (nSPS) is 9.85. The van der Waals surface area contributed by atoms with Crippen LogP contribution in [0, 0.1) is 11.3 Å². The van der Waals surface area contributed by atoms with Gasteiger partial charge in [-0.15, -0.1) is 0 Å². The van der Waals surface area contributed by atoms with Crippen LogP contribution >= 0.6 is 0 Å². The number of nitriles is 1. The van der Waals surface area contributed by atoms with E-state index in [4.69, 9.17) is 5.26 Å². The maximum atomic E-state index is 8.61. The minimum atomic E-state index is 0.420. The minimum absolute atomic E-state index is 0.420. The Morgan fingerprint density at radius 2 is 2.46 bits per heavy atom. The lowest BCUT2D eigenvalue weighted by Crippen LogP contribution is -1.85. The van der Waals surface area contributed by atoms with E-state index in [0.717, 1.165) is 11.1 Å². The van der Waals surface area contributed by atoms with Crippen LogP contribution in [0.3, 0.4) is 0 Å². The first-order valence-electron chi connectivity index (χ1n) is 3.96. The van der Waals surface area contributed by atoms with Gasteiger partial charge in [0, 0.05) is 6.20 Å². The second kappa shape index (κ2) is 4.22. The number of hydrogen-bond donors (Lipinski definition) is 0. The highest BCUT2D eigenvalue weighted by atomic mass is 14.7. The van der Waals surface area contributed by atoms with E-state index in [9.17, 15) is 0 Å². The SMILES string of the molecule is C=C(/C=C\C)c1ccnc(C#N)c1. The average molecular weight is 170 g/mol. The van der Waals surface area contributed by atoms with Gasteiger partial charge in [-0.2, -0.15) is 5.26 Å². The lowest BCUT2D eigenvalue weighted by molar-refractivity contribution is 1.26. The molecule has 1 heterocycles. The van der Waals surface area contributed by atoms with E-state index >= 15 is 0 Å². The summed E-state index contributed by atoms with van der Waals surface area (Å²) in [4.78, 5) is 3.87. The van der Waals surface area contributed by atoms with Crippen LogP contribution in [0.1, 0.15) is 18.2 Å². The Hall–Kier alpha value is -1.88. The first-order chi connectivity index (χ1) is 6.27. The Morgan fingerprint density at radius 3 is 3.08 bits per heavy atom. The third-order valence-corrected chi connectivity index (χ3v) is 1.61. The van der Waals surface area contributed by atoms with Crippen LogP contribution in [0.2, 0.25) is 0 Å². The predicted octanol–water partition coefficient (Wildman–Crippen LogP) is 2.54. The van der Waals surface area contributed by atoms with E-state index in [1.165, 1.54) is 0 Å². The molecule has 0 aliphatic heterocycles. The molecule has 0 aromatic carbocycles. The minimum Gasteiger partial charge on any atom is -0.246 e. The molecule has 64 valence electrons. The first-order valence-corrected chi connectivity index (χ1v) is 3.96. The maximum absolute atomic E-state index is 8.61. The standard InChI is InChI=1S/C11H10N2/c1-3-4-9(2)10-5-6-13-11(7-10)8-12/h3-7H,2H2,1H3/b4-3-. The van der Waals surface area contributed by atoms with Crippen molar-refractivity contribution in [2.24, 2.45) is 0 Å². The Balaban J connectivity index is 3.03. The van der Waals surface area contributed by atoms with E-state index in [2.05, 4.69) is 11.6 Å². The molecule has 0 saturated heterocycles. The molecule has 0 saturated carbocycles. The lowest BCUT2D eigenvalue weighted by Gasteiger charge is -1.98. The number of aromatic nitrogens is 1. The Bertz CT molecular complexity index is 383. The fraction of sp³-hybridized carbons (Fsp3) is 0.0909. The molecule has 0 spiro atoms. The van der Waals surface area contributed by atoms with Gasteiger partial charge in [-0.25, -0.2) is 4.98 Å². The van der Waals surface area contributed by atoms with Crippen LogP contribution in [0.4, 0.5) is 0 Å². The van der Waals surface area contributed by atoms with E-state index in [1.54, 1.807) is 12.3 Å². The zero-order valence-corrected chi connectivity index (χ0v) is 7.49. The van der Waals surface area contributed by atoms with Crippen molar-refractivity contribution in [2.45, 2.75) is 6.92 Å². The summed E-state index contributed by atoms with van der Waals surface area (Å²) < 4.78 is 0. The molecule has 0 aliphatic rings. The predicted molar refractivity (Wildman–Crippen MR) is 52.8 cm³/mol. The molecule has 0 fully saturated rings. The van der Waals surface area contributed by atoms with Gasteiger partial charge in [-0.1, -0.05) is 18.7 Å². The third-order valence-electron chi connectivity index (χ3n) is 1.61. The average Bonchev–Trinajstić information content (AvgIpc) is 2.18. The fourth-order valence-corrected chi connectivity index (χ4v) is 0.989. The molecule has 2 heteroatoms. The molecule has 0 atom stereocenters. The van der Waals surface area contributed by atoms with Crippen molar-refractivity contribution in [3.05, 3.63) is 48.3 Å². The molecular weight excluding hydrogens is 160 g/mol. The summed E-state index contributed by atoms with van der Waals surface area (Å²) >= 11 is 0. The molecule has 1 aromatic heterocycles. The van der Waals surface area contributed by atoms with Crippen LogP contribution in [0.5, 0.6) is 0 Å². The number of nitrogens with zero attached hydrogens (tertiary/aromatic N) is 2. The molecule has 0 amide bonds. The quantitative estimate of drug-likeness (QED) is 0.639. The van der Waals surface area contributed by atoms with E-state index in [0.29, 0.717) is 5.69 Å². The zero-order chi connectivity index (χ0) is 9.68. The molecule has 1 rings (SSSR count). The Kier molecular flexibility index (Phi) is 2.99. The smallest absolute Gasteiger partial charge is 0.141 e. The molecule has 13 heavy (non-hydrogen) atoms. The second-order valence-electron chi connectivity index (χ2n) is 2.57. The molecule has 0 radical (unpaired) electrons. The van der Waals surface area contributed by atoms with Gasteiger partial charge in [0.05, 0.1) is 0 Å². The summed E-state index contributed by atoms with van der Waals surface area (Å²) in [6.45, 7) is 5.79. The van der Waals surface area contributed by atoms with Gasteiger partial charge >= 0.3 is 0 Å². The molecular formula is C11H10N2. The first kappa shape index (κ1) is 9.21. The highest BCUT2D eigenvalue weighted by molar-refractivity contribution is 5.72. The molecule has 0 N–H and O–H groups in total. The van der Waals surface area contributed by atoms with Crippen LogP contribution in [-0.2, 0) is 0 Å². The monoisotopic (exact) mass is 170 g/mol. The maximum Gasteiger partial charge on any atom is 0.141 e. The van der Waals surface area contributed by atoms with Gasteiger partial charge < -0.3 is 0 Å². The largest absolute Gasteiger partial charge is 0.246 e. The van der Waals surface area contributed by atoms with Crippen LogP contribution in [0.25, 0.3) is 5.57 Å². The molecule has 1 aromatic rings. The van der Waals surface area contributed by atoms with Crippen LogP contribution in [-0.4, -0.2) is 4.98 Å². The fourth-order valence-electron chi connectivity index (χ4n) is 0.989. The molecule has 0 aliphatic carbocycles. The van der Waals surface area contributed by atoms with Crippen molar-refractivity contribution in [3.63, 3.8) is 0 Å². The summed E-state index contributed by atoms with van der Waals surface area (Å²) in [5.74, 6) is 0. The van der Waals surface area contributed by atoms with Gasteiger partial charge in [0.25, 0.3) is 0 Å². The van der Waals surface area contributed by atoms with E-state index in [1.807, 2.05) is 31.2 Å². The van der Waals surface area contributed by atoms with Crippen molar-refractivity contribution < 1.29 is 0 Å². The summed E-state index contributed by atoms with van der Waals surface area (Å²) in [5.41, 5.74) is 2.24. The highest BCUT2D eigenvalue weighted by Gasteiger charge is 1.96. The van der Waals surface area contributed by atoms with Crippen LogP contribution < -0.4 is 0 Å². The van der Waals surface area contributed by atoms with Crippen molar-refractivity contribution in [1.82, 2.24) is 4.98 Å². The van der Waals surface area contributed by atoms with Gasteiger partial charge in [0.2, 0.25) is 0 Å².